The largest absolute Gasteiger partial charge is 1.00 e. The predicted octanol–water partition coefficient (Wildman–Crippen LogP) is 5.57. The fraction of sp³-hybridized carbons (Fsp3) is 0.778. The molecule has 0 unspecified atom stereocenters. The Morgan fingerprint density at radius 3 is 1.38 bits per heavy atom. The van der Waals surface area contributed by atoms with E-state index in [1.54, 1.807) is 6.07 Å². The molecule has 0 radical (unpaired) electrons. The van der Waals surface area contributed by atoms with Gasteiger partial charge < -0.3 is 4.55 Å². The van der Waals surface area contributed by atoms with E-state index >= 15 is 0 Å². The van der Waals surface area contributed by atoms with E-state index in [4.69, 9.17) is 0 Å². The van der Waals surface area contributed by atoms with E-state index in [0.29, 0.717) is 0 Å². The molecule has 0 saturated carbocycles. The zero-order chi connectivity index (χ0) is 22.6. The predicted molar refractivity (Wildman–Crippen MR) is 132 cm³/mol. The topological polar surface area (TPSA) is 57.2 Å². The summed E-state index contributed by atoms with van der Waals surface area (Å²) >= 11 is 0. The van der Waals surface area contributed by atoms with Crippen molar-refractivity contribution in [3.8, 4) is 0 Å². The van der Waals surface area contributed by atoms with Crippen LogP contribution < -0.4 is 51.4 Å². The summed E-state index contributed by atoms with van der Waals surface area (Å²) in [6.07, 6.45) is 26.8. The summed E-state index contributed by atoms with van der Waals surface area (Å²) in [7, 11) is -4.34. The first-order valence-electron chi connectivity index (χ1n) is 13.1. The Labute approximate surface area is 242 Å². The first kappa shape index (κ1) is 32.8. The van der Waals surface area contributed by atoms with Gasteiger partial charge in [0.1, 0.15) is 10.1 Å². The van der Waals surface area contributed by atoms with Crippen molar-refractivity contribution in [2.24, 2.45) is 0 Å². The Balaban J connectivity index is 0.00000961. The first-order valence-corrected chi connectivity index (χ1v) is 14.5. The molecule has 0 N–H and O–H groups in total. The van der Waals surface area contributed by atoms with E-state index in [1.807, 2.05) is 6.07 Å². The van der Waals surface area contributed by atoms with E-state index in [0.717, 1.165) is 18.4 Å². The van der Waals surface area contributed by atoms with Gasteiger partial charge in [0.15, 0.2) is 0 Å². The number of unbranched alkanes of at least 4 members (excludes halogenated alkanes) is 18. The second kappa shape index (κ2) is 22.2. The summed E-state index contributed by atoms with van der Waals surface area (Å²) < 4.78 is 33.2. The van der Waals surface area contributed by atoms with Crippen LogP contribution in [0.3, 0.4) is 0 Å². The Morgan fingerprint density at radius 2 is 1.00 bits per heavy atom. The molecule has 1 aromatic rings. The number of hydrogen-bond donors (Lipinski definition) is 0. The zero-order valence-electron chi connectivity index (χ0n) is 21.1. The van der Waals surface area contributed by atoms with Crippen molar-refractivity contribution in [2.45, 2.75) is 140 Å². The van der Waals surface area contributed by atoms with E-state index < -0.39 is 10.1 Å². The maximum absolute atomic E-state index is 11.1. The van der Waals surface area contributed by atoms with Crippen LogP contribution in [0.1, 0.15) is 134 Å². The Kier molecular flexibility index (Phi) is 22.8. The molecule has 0 heterocycles. The Bertz CT molecular complexity index is 646. The molecule has 0 atom stereocenters. The van der Waals surface area contributed by atoms with E-state index in [1.165, 1.54) is 128 Å². The molecule has 0 aliphatic rings. The molecule has 32 heavy (non-hydrogen) atoms. The molecule has 0 bridgehead atoms. The van der Waals surface area contributed by atoms with Crippen molar-refractivity contribution in [1.82, 2.24) is 0 Å². The third-order valence-corrected chi connectivity index (χ3v) is 7.09. The average Bonchev–Trinajstić information content (AvgIpc) is 2.75. The van der Waals surface area contributed by atoms with Crippen molar-refractivity contribution in [2.75, 3.05) is 0 Å². The number of hydrogen-bond acceptors (Lipinski definition) is 3. The number of benzene rings is 1. The molecule has 5 heteroatoms. The molecule has 0 saturated heterocycles. The second-order valence-corrected chi connectivity index (χ2v) is 10.6. The van der Waals surface area contributed by atoms with Crippen LogP contribution in [0.2, 0.25) is 0 Å². The molecule has 0 spiro atoms. The zero-order valence-corrected chi connectivity index (χ0v) is 25.0. The van der Waals surface area contributed by atoms with E-state index in [2.05, 4.69) is 6.92 Å². The van der Waals surface area contributed by atoms with Crippen LogP contribution >= 0.6 is 0 Å². The van der Waals surface area contributed by atoms with Crippen molar-refractivity contribution in [3.63, 3.8) is 0 Å². The Hall–Kier alpha value is 0.766. The van der Waals surface area contributed by atoms with Crippen molar-refractivity contribution >= 4 is 10.1 Å². The van der Waals surface area contributed by atoms with Crippen LogP contribution in [0.25, 0.3) is 0 Å². The SMILES string of the molecule is CCCCCCCCCCCCCCCCCCCCCc1cccc(S(=O)(=O)[O-])c1.[K+]. The van der Waals surface area contributed by atoms with Crippen molar-refractivity contribution < 1.29 is 64.4 Å². The molecule has 3 nitrogen and oxygen atoms in total. The van der Waals surface area contributed by atoms with Crippen molar-refractivity contribution in [1.29, 1.82) is 0 Å². The van der Waals surface area contributed by atoms with Crippen LogP contribution in [-0.4, -0.2) is 13.0 Å². The summed E-state index contributed by atoms with van der Waals surface area (Å²) in [6, 6.07) is 6.47. The van der Waals surface area contributed by atoms with Gasteiger partial charge in [-0.3, -0.25) is 0 Å². The monoisotopic (exact) mass is 490 g/mol. The summed E-state index contributed by atoms with van der Waals surface area (Å²) in [5.74, 6) is 0. The molecule has 180 valence electrons. The quantitative estimate of drug-likeness (QED) is 0.129. The molecule has 1 aromatic carbocycles. The van der Waals surface area contributed by atoms with Gasteiger partial charge >= 0.3 is 51.4 Å². The molecule has 1 rings (SSSR count). The summed E-state index contributed by atoms with van der Waals surface area (Å²) in [5.41, 5.74) is 0.948. The van der Waals surface area contributed by atoms with Crippen LogP contribution in [0.15, 0.2) is 29.2 Å². The van der Waals surface area contributed by atoms with Crippen molar-refractivity contribution in [3.05, 3.63) is 29.8 Å². The third-order valence-electron chi connectivity index (χ3n) is 6.26. The van der Waals surface area contributed by atoms with E-state index in [-0.39, 0.29) is 56.3 Å². The van der Waals surface area contributed by atoms with Gasteiger partial charge in [0, 0.05) is 0 Å². The number of aryl methyl sites for hydroxylation is 1. The smallest absolute Gasteiger partial charge is 0.744 e. The molecular formula is C27H47KO3S. The van der Waals surface area contributed by atoms with Crippen LogP contribution in [-0.2, 0) is 16.5 Å². The second-order valence-electron chi connectivity index (χ2n) is 9.22. The molecule has 0 aliphatic heterocycles. The first-order chi connectivity index (χ1) is 15.0. The van der Waals surface area contributed by atoms with Crippen LogP contribution in [0.5, 0.6) is 0 Å². The molecule has 0 aromatic heterocycles. The standard InChI is InChI=1S/C27H48O3S.K/c1-2-3-4-5-6-7-8-9-10-11-12-13-14-15-16-17-18-19-20-22-26-23-21-24-27(25-26)31(28,29)30;/h21,23-25H,2-20,22H2,1H3,(H,28,29,30);/q;+1/p-1. The van der Waals surface area contributed by atoms with Gasteiger partial charge in [0.25, 0.3) is 0 Å². The van der Waals surface area contributed by atoms with Gasteiger partial charge in [0.2, 0.25) is 0 Å². The third kappa shape index (κ3) is 19.1. The normalized spacial score (nSPS) is 11.4. The number of rotatable bonds is 21. The summed E-state index contributed by atoms with van der Waals surface area (Å²) in [4.78, 5) is -0.109. The van der Waals surface area contributed by atoms with E-state index in [9.17, 15) is 13.0 Å². The summed E-state index contributed by atoms with van der Waals surface area (Å²) in [5, 5.41) is 0. The average molecular weight is 491 g/mol. The molecule has 0 aliphatic carbocycles. The minimum atomic E-state index is -4.34. The molecule has 0 amide bonds. The molecule has 0 fully saturated rings. The maximum atomic E-state index is 11.1. The van der Waals surface area contributed by atoms with Gasteiger partial charge in [-0.2, -0.15) is 0 Å². The molecular weight excluding hydrogens is 443 g/mol. The fourth-order valence-corrected chi connectivity index (χ4v) is 4.81. The van der Waals surface area contributed by atoms with Gasteiger partial charge in [-0.05, 0) is 30.5 Å². The minimum absolute atomic E-state index is 0. The van der Waals surface area contributed by atoms with Gasteiger partial charge in [-0.1, -0.05) is 135 Å². The van der Waals surface area contributed by atoms with Crippen LogP contribution in [0.4, 0.5) is 0 Å². The van der Waals surface area contributed by atoms with Gasteiger partial charge in [-0.25, -0.2) is 8.42 Å². The maximum Gasteiger partial charge on any atom is 1.00 e. The summed E-state index contributed by atoms with van der Waals surface area (Å²) in [6.45, 7) is 2.28. The van der Waals surface area contributed by atoms with Crippen LogP contribution in [0, 0.1) is 0 Å². The van der Waals surface area contributed by atoms with Gasteiger partial charge in [-0.15, -0.1) is 0 Å². The van der Waals surface area contributed by atoms with Gasteiger partial charge in [0.05, 0.1) is 4.90 Å². The minimum Gasteiger partial charge on any atom is -0.744 e. The Morgan fingerprint density at radius 1 is 0.625 bits per heavy atom. The fourth-order valence-electron chi connectivity index (χ4n) is 4.26.